The molecule has 14 heavy (non-hydrogen) atoms. The van der Waals surface area contributed by atoms with Crippen LogP contribution in [0.4, 0.5) is 5.69 Å². The molecule has 0 saturated heterocycles. The fraction of sp³-hybridized carbons (Fsp3) is 0.0909. The second-order valence-electron chi connectivity index (χ2n) is 2.99. The van der Waals surface area contributed by atoms with Crippen LogP contribution in [-0.2, 0) is 6.54 Å². The zero-order chi connectivity index (χ0) is 9.80. The maximum absolute atomic E-state index is 3.42. The van der Waals surface area contributed by atoms with Crippen LogP contribution in [0.5, 0.6) is 0 Å². The van der Waals surface area contributed by atoms with Gasteiger partial charge in [0, 0.05) is 22.1 Å². The Morgan fingerprint density at radius 1 is 1.14 bits per heavy atom. The Hall–Kier alpha value is -0.800. The van der Waals surface area contributed by atoms with Crippen molar-refractivity contribution in [3.63, 3.8) is 0 Å². The van der Waals surface area contributed by atoms with Crippen molar-refractivity contribution in [1.82, 2.24) is 0 Å². The number of halogens is 1. The van der Waals surface area contributed by atoms with Crippen LogP contribution in [0.25, 0.3) is 0 Å². The Morgan fingerprint density at radius 2 is 1.93 bits per heavy atom. The van der Waals surface area contributed by atoms with E-state index in [1.807, 2.05) is 0 Å². The summed E-state index contributed by atoms with van der Waals surface area (Å²) in [5, 5.41) is 7.54. The lowest BCUT2D eigenvalue weighted by Crippen LogP contribution is -1.97. The Morgan fingerprint density at radius 3 is 2.57 bits per heavy atom. The first kappa shape index (κ1) is 9.74. The predicted octanol–water partition coefficient (Wildman–Crippen LogP) is 4.12. The molecule has 0 fully saturated rings. The number of hydrogen-bond acceptors (Lipinski definition) is 2. The molecule has 1 aromatic heterocycles. The van der Waals surface area contributed by atoms with E-state index in [-0.39, 0.29) is 0 Å². The standard InChI is InChI=1S/C11H10BrNS/c12-10-3-1-9(2-4-10)7-13-11-5-6-14-8-11/h1-6,8,13H,7H2. The van der Waals surface area contributed by atoms with E-state index in [1.165, 1.54) is 11.3 Å². The summed E-state index contributed by atoms with van der Waals surface area (Å²) in [5.74, 6) is 0. The molecule has 1 nitrogen and oxygen atoms in total. The van der Waals surface area contributed by atoms with Gasteiger partial charge in [-0.3, -0.25) is 0 Å². The third-order valence-electron chi connectivity index (χ3n) is 1.93. The van der Waals surface area contributed by atoms with Crippen molar-refractivity contribution < 1.29 is 0 Å². The molecule has 1 aromatic carbocycles. The molecule has 3 heteroatoms. The second kappa shape index (κ2) is 4.62. The Bertz CT molecular complexity index is 380. The van der Waals surface area contributed by atoms with Gasteiger partial charge in [0.25, 0.3) is 0 Å². The molecule has 0 amide bonds. The zero-order valence-electron chi connectivity index (χ0n) is 7.53. The largest absolute Gasteiger partial charge is 0.380 e. The van der Waals surface area contributed by atoms with Crippen molar-refractivity contribution in [2.45, 2.75) is 6.54 Å². The fourth-order valence-corrected chi connectivity index (χ4v) is 2.05. The highest BCUT2D eigenvalue weighted by molar-refractivity contribution is 9.10. The topological polar surface area (TPSA) is 12.0 Å². The van der Waals surface area contributed by atoms with Crippen LogP contribution < -0.4 is 5.32 Å². The van der Waals surface area contributed by atoms with E-state index in [0.717, 1.165) is 11.0 Å². The lowest BCUT2D eigenvalue weighted by Gasteiger charge is -2.03. The van der Waals surface area contributed by atoms with E-state index in [2.05, 4.69) is 62.3 Å². The number of thiophene rings is 1. The number of rotatable bonds is 3. The van der Waals surface area contributed by atoms with Gasteiger partial charge in [-0.05, 0) is 29.1 Å². The third-order valence-corrected chi connectivity index (χ3v) is 3.14. The molecule has 0 bridgehead atoms. The Labute approximate surface area is 95.9 Å². The number of benzene rings is 1. The highest BCUT2D eigenvalue weighted by Crippen LogP contribution is 2.14. The van der Waals surface area contributed by atoms with Crippen molar-refractivity contribution in [3.8, 4) is 0 Å². The van der Waals surface area contributed by atoms with Crippen LogP contribution in [0.1, 0.15) is 5.56 Å². The first-order valence-corrected chi connectivity index (χ1v) is 6.09. The van der Waals surface area contributed by atoms with Crippen LogP contribution in [0.3, 0.4) is 0 Å². The van der Waals surface area contributed by atoms with E-state index in [0.29, 0.717) is 0 Å². The summed E-state index contributed by atoms with van der Waals surface area (Å²) in [6.45, 7) is 0.879. The molecule has 0 aliphatic carbocycles. The first-order chi connectivity index (χ1) is 6.84. The molecule has 0 unspecified atom stereocenters. The van der Waals surface area contributed by atoms with Gasteiger partial charge in [0.15, 0.2) is 0 Å². The molecule has 0 atom stereocenters. The van der Waals surface area contributed by atoms with Crippen LogP contribution >= 0.6 is 27.3 Å². The summed E-state index contributed by atoms with van der Waals surface area (Å²) in [5.41, 5.74) is 2.48. The Kier molecular flexibility index (Phi) is 3.22. The summed E-state index contributed by atoms with van der Waals surface area (Å²) in [7, 11) is 0. The van der Waals surface area contributed by atoms with Crippen LogP contribution in [0.15, 0.2) is 45.6 Å². The lowest BCUT2D eigenvalue weighted by atomic mass is 10.2. The molecular weight excluding hydrogens is 258 g/mol. The van der Waals surface area contributed by atoms with Gasteiger partial charge in [0.05, 0.1) is 0 Å². The highest BCUT2D eigenvalue weighted by Gasteiger charge is 1.93. The Balaban J connectivity index is 1.95. The quantitative estimate of drug-likeness (QED) is 0.882. The first-order valence-electron chi connectivity index (χ1n) is 4.35. The lowest BCUT2D eigenvalue weighted by molar-refractivity contribution is 1.15. The molecule has 2 aromatic rings. The molecule has 0 saturated carbocycles. The van der Waals surface area contributed by atoms with Gasteiger partial charge in [-0.1, -0.05) is 28.1 Å². The maximum atomic E-state index is 3.42. The maximum Gasteiger partial charge on any atom is 0.0451 e. The molecule has 0 radical (unpaired) electrons. The van der Waals surface area contributed by atoms with E-state index in [1.54, 1.807) is 11.3 Å². The number of hydrogen-bond donors (Lipinski definition) is 1. The smallest absolute Gasteiger partial charge is 0.0451 e. The summed E-state index contributed by atoms with van der Waals surface area (Å²) < 4.78 is 1.12. The van der Waals surface area contributed by atoms with E-state index in [9.17, 15) is 0 Å². The fourth-order valence-electron chi connectivity index (χ4n) is 1.17. The summed E-state index contributed by atoms with van der Waals surface area (Å²) in [6, 6.07) is 10.4. The monoisotopic (exact) mass is 267 g/mol. The normalized spacial score (nSPS) is 10.1. The minimum atomic E-state index is 0.879. The van der Waals surface area contributed by atoms with Crippen LogP contribution in [-0.4, -0.2) is 0 Å². The minimum absolute atomic E-state index is 0.879. The van der Waals surface area contributed by atoms with E-state index < -0.39 is 0 Å². The molecule has 1 heterocycles. The zero-order valence-corrected chi connectivity index (χ0v) is 9.94. The number of anilines is 1. The summed E-state index contributed by atoms with van der Waals surface area (Å²) >= 11 is 5.12. The molecule has 2 rings (SSSR count). The SMILES string of the molecule is Brc1ccc(CNc2ccsc2)cc1. The van der Waals surface area contributed by atoms with Gasteiger partial charge in [-0.15, -0.1) is 0 Å². The van der Waals surface area contributed by atoms with Gasteiger partial charge in [-0.25, -0.2) is 0 Å². The van der Waals surface area contributed by atoms with Crippen molar-refractivity contribution in [2.24, 2.45) is 0 Å². The molecule has 0 spiro atoms. The molecular formula is C11H10BrNS. The van der Waals surface area contributed by atoms with E-state index >= 15 is 0 Å². The van der Waals surface area contributed by atoms with Gasteiger partial charge < -0.3 is 5.32 Å². The van der Waals surface area contributed by atoms with E-state index in [4.69, 9.17) is 0 Å². The van der Waals surface area contributed by atoms with Crippen molar-refractivity contribution in [1.29, 1.82) is 0 Å². The highest BCUT2D eigenvalue weighted by atomic mass is 79.9. The van der Waals surface area contributed by atoms with Gasteiger partial charge in [0.1, 0.15) is 0 Å². The molecule has 0 aliphatic heterocycles. The van der Waals surface area contributed by atoms with Crippen LogP contribution in [0.2, 0.25) is 0 Å². The summed E-state index contributed by atoms with van der Waals surface area (Å²) in [6.07, 6.45) is 0. The summed E-state index contributed by atoms with van der Waals surface area (Å²) in [4.78, 5) is 0. The van der Waals surface area contributed by atoms with Crippen LogP contribution in [0, 0.1) is 0 Å². The average Bonchev–Trinajstić information content (AvgIpc) is 2.70. The predicted molar refractivity (Wildman–Crippen MR) is 65.8 cm³/mol. The van der Waals surface area contributed by atoms with Gasteiger partial charge in [-0.2, -0.15) is 11.3 Å². The molecule has 1 N–H and O–H groups in total. The third kappa shape index (κ3) is 2.59. The van der Waals surface area contributed by atoms with Crippen molar-refractivity contribution in [2.75, 3.05) is 5.32 Å². The molecule has 0 aliphatic rings. The molecule has 72 valence electrons. The van der Waals surface area contributed by atoms with Gasteiger partial charge >= 0.3 is 0 Å². The second-order valence-corrected chi connectivity index (χ2v) is 4.69. The minimum Gasteiger partial charge on any atom is -0.380 e. The van der Waals surface area contributed by atoms with Crippen molar-refractivity contribution in [3.05, 3.63) is 51.1 Å². The average molecular weight is 268 g/mol. The van der Waals surface area contributed by atoms with Crippen molar-refractivity contribution >= 4 is 33.0 Å². The number of nitrogens with one attached hydrogen (secondary N) is 1. The van der Waals surface area contributed by atoms with Gasteiger partial charge in [0.2, 0.25) is 0 Å².